The molecule has 0 radical (unpaired) electrons. The number of carbonyl (C=O) groups excluding carboxylic acids is 1. The molecular formula is C14H15N7O. The average Bonchev–Trinajstić information content (AvgIpc) is 3.10. The molecule has 8 nitrogen and oxygen atoms in total. The van der Waals surface area contributed by atoms with Crippen molar-refractivity contribution in [1.29, 1.82) is 0 Å². The summed E-state index contributed by atoms with van der Waals surface area (Å²) in [6.45, 7) is 1.84. The Balaban J connectivity index is 1.69. The molecule has 0 unspecified atom stereocenters. The highest BCUT2D eigenvalue weighted by Crippen LogP contribution is 2.39. The average molecular weight is 297 g/mol. The Bertz CT molecular complexity index is 832. The number of aryl methyl sites for hydroxylation is 1. The predicted octanol–water partition coefficient (Wildman–Crippen LogP) is 1.19. The van der Waals surface area contributed by atoms with Gasteiger partial charge in [0.1, 0.15) is 18.0 Å². The van der Waals surface area contributed by atoms with Crippen LogP contribution in [0.3, 0.4) is 0 Å². The van der Waals surface area contributed by atoms with Gasteiger partial charge in [-0.05, 0) is 32.3 Å². The van der Waals surface area contributed by atoms with Crippen molar-refractivity contribution in [1.82, 2.24) is 35.5 Å². The second-order valence-electron chi connectivity index (χ2n) is 5.60. The van der Waals surface area contributed by atoms with Crippen LogP contribution in [-0.2, 0) is 5.54 Å². The zero-order chi connectivity index (χ0) is 15.2. The van der Waals surface area contributed by atoms with E-state index >= 15 is 0 Å². The van der Waals surface area contributed by atoms with E-state index in [-0.39, 0.29) is 5.91 Å². The van der Waals surface area contributed by atoms with Gasteiger partial charge in [-0.2, -0.15) is 5.10 Å². The fourth-order valence-electron chi connectivity index (χ4n) is 2.89. The zero-order valence-corrected chi connectivity index (χ0v) is 12.1. The summed E-state index contributed by atoms with van der Waals surface area (Å²) in [4.78, 5) is 28.5. The third-order valence-electron chi connectivity index (χ3n) is 4.18. The number of H-pyrrole nitrogens is 2. The highest BCUT2D eigenvalue weighted by molar-refractivity contribution is 6.04. The van der Waals surface area contributed by atoms with Crippen LogP contribution in [0.25, 0.3) is 11.2 Å². The minimum atomic E-state index is -0.446. The number of amides is 1. The number of aromatic amines is 2. The fourth-order valence-corrected chi connectivity index (χ4v) is 2.89. The summed E-state index contributed by atoms with van der Waals surface area (Å²) in [7, 11) is 0. The summed E-state index contributed by atoms with van der Waals surface area (Å²) in [6.07, 6.45) is 5.81. The second-order valence-corrected chi connectivity index (χ2v) is 5.60. The minimum Gasteiger partial charge on any atom is -0.340 e. The lowest BCUT2D eigenvalue weighted by Gasteiger charge is -2.40. The van der Waals surface area contributed by atoms with E-state index in [9.17, 15) is 4.79 Å². The van der Waals surface area contributed by atoms with Crippen molar-refractivity contribution in [3.8, 4) is 0 Å². The Labute approximate surface area is 125 Å². The van der Waals surface area contributed by atoms with Crippen LogP contribution in [0.15, 0.2) is 18.6 Å². The van der Waals surface area contributed by atoms with E-state index in [1.165, 1.54) is 6.33 Å². The lowest BCUT2D eigenvalue weighted by Crippen LogP contribution is -2.51. The lowest BCUT2D eigenvalue weighted by molar-refractivity contribution is 0.0811. The van der Waals surface area contributed by atoms with Crippen LogP contribution in [0.4, 0.5) is 0 Å². The van der Waals surface area contributed by atoms with E-state index in [2.05, 4.69) is 35.5 Å². The van der Waals surface area contributed by atoms with E-state index in [1.54, 1.807) is 12.3 Å². The van der Waals surface area contributed by atoms with Crippen LogP contribution < -0.4 is 5.32 Å². The molecule has 0 aliphatic heterocycles. The van der Waals surface area contributed by atoms with Crippen LogP contribution in [0, 0.1) is 6.92 Å². The van der Waals surface area contributed by atoms with Gasteiger partial charge in [-0.25, -0.2) is 15.0 Å². The van der Waals surface area contributed by atoms with Crippen molar-refractivity contribution in [3.05, 3.63) is 35.8 Å². The number of rotatable bonds is 3. The molecule has 1 aliphatic rings. The number of aromatic nitrogens is 6. The van der Waals surface area contributed by atoms with Gasteiger partial charge in [-0.3, -0.25) is 9.89 Å². The number of hydrogen-bond acceptors (Lipinski definition) is 5. The molecule has 1 fully saturated rings. The number of carbonyl (C=O) groups is 1. The molecule has 4 rings (SSSR count). The van der Waals surface area contributed by atoms with Crippen molar-refractivity contribution in [2.75, 3.05) is 0 Å². The maximum absolute atomic E-state index is 12.7. The van der Waals surface area contributed by atoms with Crippen LogP contribution in [-0.4, -0.2) is 36.0 Å². The van der Waals surface area contributed by atoms with E-state index < -0.39 is 5.54 Å². The summed E-state index contributed by atoms with van der Waals surface area (Å²) in [5.74, 6) is 1.28. The number of pyridine rings is 1. The third-order valence-corrected chi connectivity index (χ3v) is 4.18. The summed E-state index contributed by atoms with van der Waals surface area (Å²) in [5.41, 5.74) is 1.30. The first-order valence-electron chi connectivity index (χ1n) is 7.18. The predicted molar refractivity (Wildman–Crippen MR) is 78.0 cm³/mol. The van der Waals surface area contributed by atoms with Gasteiger partial charge < -0.3 is 10.3 Å². The maximum Gasteiger partial charge on any atom is 0.254 e. The van der Waals surface area contributed by atoms with Crippen LogP contribution in [0.5, 0.6) is 0 Å². The summed E-state index contributed by atoms with van der Waals surface area (Å²) in [5, 5.41) is 9.86. The van der Waals surface area contributed by atoms with Gasteiger partial charge >= 0.3 is 0 Å². The van der Waals surface area contributed by atoms with Gasteiger partial charge in [0, 0.05) is 6.20 Å². The molecule has 0 aromatic carbocycles. The summed E-state index contributed by atoms with van der Waals surface area (Å²) >= 11 is 0. The Hall–Kier alpha value is -2.77. The fraction of sp³-hybridized carbons (Fsp3) is 0.357. The highest BCUT2D eigenvalue weighted by Gasteiger charge is 2.43. The van der Waals surface area contributed by atoms with Gasteiger partial charge in [0.05, 0.1) is 16.6 Å². The molecule has 0 saturated heterocycles. The zero-order valence-electron chi connectivity index (χ0n) is 12.1. The Morgan fingerprint density at radius 3 is 2.91 bits per heavy atom. The molecule has 22 heavy (non-hydrogen) atoms. The second kappa shape index (κ2) is 4.62. The third kappa shape index (κ3) is 1.87. The molecule has 0 bridgehead atoms. The van der Waals surface area contributed by atoms with E-state index in [0.717, 1.165) is 25.1 Å². The molecule has 8 heteroatoms. The molecule has 1 saturated carbocycles. The summed E-state index contributed by atoms with van der Waals surface area (Å²) < 4.78 is 0. The first kappa shape index (κ1) is 12.9. The van der Waals surface area contributed by atoms with E-state index in [4.69, 9.17) is 0 Å². The summed E-state index contributed by atoms with van der Waals surface area (Å²) in [6, 6.07) is 1.70. The minimum absolute atomic E-state index is 0.160. The molecule has 1 amide bonds. The molecule has 3 N–H and O–H groups in total. The molecule has 3 heterocycles. The van der Waals surface area contributed by atoms with Gasteiger partial charge in [-0.1, -0.05) is 0 Å². The van der Waals surface area contributed by atoms with Crippen molar-refractivity contribution in [2.24, 2.45) is 0 Å². The molecule has 3 aromatic rings. The maximum atomic E-state index is 12.7. The number of imidazole rings is 1. The first-order valence-corrected chi connectivity index (χ1v) is 7.18. The normalized spacial score (nSPS) is 16.4. The molecule has 3 aromatic heterocycles. The van der Waals surface area contributed by atoms with Crippen molar-refractivity contribution in [3.63, 3.8) is 0 Å². The molecule has 0 spiro atoms. The van der Waals surface area contributed by atoms with Crippen LogP contribution >= 0.6 is 0 Å². The molecule has 112 valence electrons. The van der Waals surface area contributed by atoms with Gasteiger partial charge in [0.15, 0.2) is 5.65 Å². The standard InChI is InChI=1S/C14H15N7O/c1-8-18-10-9(3-6-15-11(10)19-8)12(22)20-14(4-2-5-14)13-16-7-17-21-13/h3,6-7H,2,4-5H2,1H3,(H,20,22)(H,15,18,19)(H,16,17,21). The Kier molecular flexibility index (Phi) is 2.72. The Morgan fingerprint density at radius 1 is 1.36 bits per heavy atom. The molecule has 0 atom stereocenters. The van der Waals surface area contributed by atoms with Crippen LogP contribution in [0.2, 0.25) is 0 Å². The van der Waals surface area contributed by atoms with E-state index in [0.29, 0.717) is 22.6 Å². The number of fused-ring (bicyclic) bond motifs is 1. The lowest BCUT2D eigenvalue weighted by atomic mass is 9.76. The van der Waals surface area contributed by atoms with Crippen LogP contribution in [0.1, 0.15) is 41.3 Å². The number of nitrogens with one attached hydrogen (secondary N) is 3. The smallest absolute Gasteiger partial charge is 0.254 e. The van der Waals surface area contributed by atoms with Crippen molar-refractivity contribution >= 4 is 17.1 Å². The number of nitrogens with zero attached hydrogens (tertiary/aromatic N) is 4. The first-order chi connectivity index (χ1) is 10.7. The largest absolute Gasteiger partial charge is 0.340 e. The molecular weight excluding hydrogens is 282 g/mol. The van der Waals surface area contributed by atoms with Gasteiger partial charge in [0.2, 0.25) is 0 Å². The Morgan fingerprint density at radius 2 is 2.23 bits per heavy atom. The van der Waals surface area contributed by atoms with Gasteiger partial charge in [-0.15, -0.1) is 0 Å². The van der Waals surface area contributed by atoms with Crippen molar-refractivity contribution < 1.29 is 4.79 Å². The monoisotopic (exact) mass is 297 g/mol. The molecule has 1 aliphatic carbocycles. The van der Waals surface area contributed by atoms with E-state index in [1.807, 2.05) is 6.92 Å². The SMILES string of the molecule is Cc1nc2nccc(C(=O)NC3(c4ncn[nH]4)CCC3)c2[nH]1. The number of hydrogen-bond donors (Lipinski definition) is 3. The topological polar surface area (TPSA) is 112 Å². The van der Waals surface area contributed by atoms with Gasteiger partial charge in [0.25, 0.3) is 5.91 Å². The van der Waals surface area contributed by atoms with Crippen molar-refractivity contribution in [2.45, 2.75) is 31.7 Å². The quantitative estimate of drug-likeness (QED) is 0.672. The highest BCUT2D eigenvalue weighted by atomic mass is 16.1.